The van der Waals surface area contributed by atoms with Crippen LogP contribution in [0.5, 0.6) is 0 Å². The van der Waals surface area contributed by atoms with Crippen LogP contribution < -0.4 is 5.32 Å². The number of likely N-dealkylation sites (N-methyl/N-ethyl adjacent to an activating group) is 1. The Morgan fingerprint density at radius 1 is 1.03 bits per heavy atom. The quantitative estimate of drug-likeness (QED) is 0.726. The Morgan fingerprint density at radius 3 is 2.28 bits per heavy atom. The standard InChI is InChI=1S/C21H31N3O4S/c1-16-7-9-17(10-8-16)22-20(25)13-23(2)14-21(26)24(18-5-3-4-6-18)19-11-12-29(27,28)15-19/h7-10,18-19H,3-6,11-15H2,1-2H3,(H,22,25)/t19-/m1/s1. The van der Waals surface area contributed by atoms with Crippen LogP contribution in [0.1, 0.15) is 37.7 Å². The van der Waals surface area contributed by atoms with Gasteiger partial charge in [0, 0.05) is 17.8 Å². The third kappa shape index (κ3) is 6.02. The van der Waals surface area contributed by atoms with E-state index in [2.05, 4.69) is 5.32 Å². The summed E-state index contributed by atoms with van der Waals surface area (Å²) in [5.41, 5.74) is 1.84. The number of aryl methyl sites for hydroxylation is 1. The number of anilines is 1. The lowest BCUT2D eigenvalue weighted by atomic mass is 10.1. The number of carbonyl (C=O) groups is 2. The van der Waals surface area contributed by atoms with Crippen LogP contribution in [0.3, 0.4) is 0 Å². The van der Waals surface area contributed by atoms with Gasteiger partial charge >= 0.3 is 0 Å². The van der Waals surface area contributed by atoms with Crippen LogP contribution >= 0.6 is 0 Å². The maximum Gasteiger partial charge on any atom is 0.238 e. The van der Waals surface area contributed by atoms with Crippen molar-refractivity contribution in [3.8, 4) is 0 Å². The summed E-state index contributed by atoms with van der Waals surface area (Å²) in [7, 11) is -1.32. The van der Waals surface area contributed by atoms with E-state index in [-0.39, 0.29) is 48.5 Å². The van der Waals surface area contributed by atoms with E-state index >= 15 is 0 Å². The van der Waals surface area contributed by atoms with Gasteiger partial charge in [-0.25, -0.2) is 8.42 Å². The molecular formula is C21H31N3O4S. The Bertz CT molecular complexity index is 832. The molecule has 1 heterocycles. The van der Waals surface area contributed by atoms with Crippen molar-refractivity contribution in [1.29, 1.82) is 0 Å². The second kappa shape index (κ2) is 9.26. The molecule has 0 spiro atoms. The van der Waals surface area contributed by atoms with E-state index in [0.29, 0.717) is 6.42 Å². The predicted molar refractivity (Wildman–Crippen MR) is 113 cm³/mol. The van der Waals surface area contributed by atoms with Crippen molar-refractivity contribution < 1.29 is 18.0 Å². The number of nitrogens with one attached hydrogen (secondary N) is 1. The molecule has 1 N–H and O–H groups in total. The molecule has 8 heteroatoms. The Hall–Kier alpha value is -1.93. The monoisotopic (exact) mass is 421 g/mol. The van der Waals surface area contributed by atoms with Gasteiger partial charge in [-0.3, -0.25) is 14.5 Å². The van der Waals surface area contributed by atoms with Crippen LogP contribution in [0, 0.1) is 6.92 Å². The third-order valence-corrected chi connectivity index (χ3v) is 7.51. The van der Waals surface area contributed by atoms with Gasteiger partial charge in [-0.05, 0) is 45.4 Å². The number of hydrogen-bond acceptors (Lipinski definition) is 5. The largest absolute Gasteiger partial charge is 0.335 e. The second-order valence-corrected chi connectivity index (χ2v) is 10.6. The zero-order valence-electron chi connectivity index (χ0n) is 17.3. The van der Waals surface area contributed by atoms with Crippen molar-refractivity contribution >= 4 is 27.3 Å². The molecule has 1 saturated carbocycles. The normalized spacial score (nSPS) is 21.4. The molecule has 1 aromatic carbocycles. The molecule has 1 aromatic rings. The van der Waals surface area contributed by atoms with Crippen molar-refractivity contribution in [1.82, 2.24) is 9.80 Å². The van der Waals surface area contributed by atoms with E-state index in [4.69, 9.17) is 0 Å². The fraction of sp³-hybridized carbons (Fsp3) is 0.619. The minimum atomic E-state index is -3.06. The molecule has 7 nitrogen and oxygen atoms in total. The molecular weight excluding hydrogens is 390 g/mol. The fourth-order valence-corrected chi connectivity index (χ4v) is 6.05. The van der Waals surface area contributed by atoms with Crippen molar-refractivity contribution in [3.63, 3.8) is 0 Å². The zero-order valence-corrected chi connectivity index (χ0v) is 18.1. The molecule has 0 radical (unpaired) electrons. The highest BCUT2D eigenvalue weighted by Gasteiger charge is 2.39. The Morgan fingerprint density at radius 2 is 1.69 bits per heavy atom. The number of amides is 2. The summed E-state index contributed by atoms with van der Waals surface area (Å²) in [5, 5.41) is 2.84. The van der Waals surface area contributed by atoms with Gasteiger partial charge in [0.15, 0.2) is 9.84 Å². The molecule has 2 fully saturated rings. The van der Waals surface area contributed by atoms with Gasteiger partial charge in [0.25, 0.3) is 0 Å². The summed E-state index contributed by atoms with van der Waals surface area (Å²) >= 11 is 0. The lowest BCUT2D eigenvalue weighted by Gasteiger charge is -2.35. The van der Waals surface area contributed by atoms with Crippen LogP contribution in [0.25, 0.3) is 0 Å². The second-order valence-electron chi connectivity index (χ2n) is 8.38. The molecule has 2 amide bonds. The number of hydrogen-bond donors (Lipinski definition) is 1. The summed E-state index contributed by atoms with van der Waals surface area (Å²) < 4.78 is 23.9. The molecule has 0 bridgehead atoms. The topological polar surface area (TPSA) is 86.8 Å². The number of nitrogens with zero attached hydrogens (tertiary/aromatic N) is 2. The van der Waals surface area contributed by atoms with Gasteiger partial charge in [-0.1, -0.05) is 30.5 Å². The van der Waals surface area contributed by atoms with Crippen LogP contribution in [0.2, 0.25) is 0 Å². The molecule has 1 atom stereocenters. The van der Waals surface area contributed by atoms with Gasteiger partial charge in [0.2, 0.25) is 11.8 Å². The van der Waals surface area contributed by atoms with E-state index in [9.17, 15) is 18.0 Å². The highest BCUT2D eigenvalue weighted by Crippen LogP contribution is 2.29. The Balaban J connectivity index is 1.58. The van der Waals surface area contributed by atoms with Gasteiger partial charge in [0.1, 0.15) is 0 Å². The fourth-order valence-electron chi connectivity index (χ4n) is 4.33. The van der Waals surface area contributed by atoms with E-state index in [1.165, 1.54) is 0 Å². The summed E-state index contributed by atoms with van der Waals surface area (Å²) in [4.78, 5) is 28.9. The van der Waals surface area contributed by atoms with Crippen LogP contribution in [-0.2, 0) is 19.4 Å². The average molecular weight is 422 g/mol. The lowest BCUT2D eigenvalue weighted by Crippen LogP contribution is -2.50. The number of sulfone groups is 1. The maximum atomic E-state index is 13.1. The van der Waals surface area contributed by atoms with E-state index in [1.807, 2.05) is 36.1 Å². The SMILES string of the molecule is Cc1ccc(NC(=O)CN(C)CC(=O)N(C2CCCC2)[C@@H]2CCS(=O)(=O)C2)cc1. The first-order valence-corrected chi connectivity index (χ1v) is 12.1. The van der Waals surface area contributed by atoms with Gasteiger partial charge < -0.3 is 10.2 Å². The van der Waals surface area contributed by atoms with Gasteiger partial charge in [-0.15, -0.1) is 0 Å². The first-order valence-electron chi connectivity index (χ1n) is 10.3. The van der Waals surface area contributed by atoms with E-state index in [0.717, 1.165) is 36.9 Å². The van der Waals surface area contributed by atoms with Crippen LogP contribution in [0.4, 0.5) is 5.69 Å². The van der Waals surface area contributed by atoms with Crippen molar-refractivity contribution in [2.24, 2.45) is 0 Å². The highest BCUT2D eigenvalue weighted by atomic mass is 32.2. The smallest absolute Gasteiger partial charge is 0.238 e. The number of carbonyl (C=O) groups excluding carboxylic acids is 2. The van der Waals surface area contributed by atoms with Gasteiger partial charge in [0.05, 0.1) is 24.6 Å². The number of benzene rings is 1. The van der Waals surface area contributed by atoms with Crippen molar-refractivity contribution in [2.45, 2.75) is 51.1 Å². The molecule has 3 rings (SSSR count). The van der Waals surface area contributed by atoms with Crippen molar-refractivity contribution in [2.75, 3.05) is 37.0 Å². The Labute approximate surface area is 173 Å². The first kappa shape index (κ1) is 21.8. The molecule has 1 aliphatic carbocycles. The summed E-state index contributed by atoms with van der Waals surface area (Å²) in [6.07, 6.45) is 4.52. The van der Waals surface area contributed by atoms with Crippen molar-refractivity contribution in [3.05, 3.63) is 29.8 Å². The summed E-state index contributed by atoms with van der Waals surface area (Å²) in [6.45, 7) is 2.19. The zero-order chi connectivity index (χ0) is 21.0. The summed E-state index contributed by atoms with van der Waals surface area (Å²) in [6, 6.07) is 7.44. The third-order valence-electron chi connectivity index (χ3n) is 5.76. The molecule has 160 valence electrons. The van der Waals surface area contributed by atoms with Crippen LogP contribution in [-0.4, -0.2) is 73.8 Å². The molecule has 2 aliphatic rings. The minimum absolute atomic E-state index is 0.0624. The first-order chi connectivity index (χ1) is 13.7. The number of rotatable bonds is 7. The molecule has 0 unspecified atom stereocenters. The molecule has 1 saturated heterocycles. The summed E-state index contributed by atoms with van der Waals surface area (Å²) in [5.74, 6) is -0.0415. The molecule has 1 aliphatic heterocycles. The Kier molecular flexibility index (Phi) is 6.95. The lowest BCUT2D eigenvalue weighted by molar-refractivity contribution is -0.136. The molecule has 0 aromatic heterocycles. The van der Waals surface area contributed by atoms with Gasteiger partial charge in [-0.2, -0.15) is 0 Å². The highest BCUT2D eigenvalue weighted by molar-refractivity contribution is 7.91. The predicted octanol–water partition coefficient (Wildman–Crippen LogP) is 1.82. The molecule has 29 heavy (non-hydrogen) atoms. The van der Waals surface area contributed by atoms with E-state index < -0.39 is 9.84 Å². The minimum Gasteiger partial charge on any atom is -0.335 e. The average Bonchev–Trinajstić information content (AvgIpc) is 3.27. The van der Waals surface area contributed by atoms with Crippen LogP contribution in [0.15, 0.2) is 24.3 Å². The maximum absolute atomic E-state index is 13.1. The van der Waals surface area contributed by atoms with E-state index in [1.54, 1.807) is 11.9 Å².